The van der Waals surface area contributed by atoms with Crippen molar-refractivity contribution in [3.63, 3.8) is 0 Å². The minimum absolute atomic E-state index is 0.0118. The first-order chi connectivity index (χ1) is 8.31. The number of hydrogen-bond acceptors (Lipinski definition) is 4. The van der Waals surface area contributed by atoms with Gasteiger partial charge in [-0.2, -0.15) is 0 Å². The van der Waals surface area contributed by atoms with Crippen LogP contribution in [0.25, 0.3) is 0 Å². The van der Waals surface area contributed by atoms with E-state index in [-0.39, 0.29) is 12.0 Å². The molecule has 0 aromatic carbocycles. The lowest BCUT2D eigenvalue weighted by molar-refractivity contribution is -0.142. The SMILES string of the molecule is CCCN(CC1CCCNC1)C1CCOC1=O. The number of carbonyl (C=O) groups excluding carboxylic acids is 1. The molecule has 0 radical (unpaired) electrons. The maximum absolute atomic E-state index is 11.7. The van der Waals surface area contributed by atoms with Crippen molar-refractivity contribution in [3.8, 4) is 0 Å². The van der Waals surface area contributed by atoms with Gasteiger partial charge in [0.2, 0.25) is 0 Å². The molecule has 0 bridgehead atoms. The highest BCUT2D eigenvalue weighted by molar-refractivity contribution is 5.77. The second kappa shape index (κ2) is 6.36. The maximum atomic E-state index is 11.7. The molecule has 2 atom stereocenters. The largest absolute Gasteiger partial charge is 0.464 e. The summed E-state index contributed by atoms with van der Waals surface area (Å²) >= 11 is 0. The van der Waals surface area contributed by atoms with Gasteiger partial charge in [-0.3, -0.25) is 9.69 Å². The van der Waals surface area contributed by atoms with E-state index < -0.39 is 0 Å². The van der Waals surface area contributed by atoms with E-state index >= 15 is 0 Å². The summed E-state index contributed by atoms with van der Waals surface area (Å²) in [5, 5.41) is 3.44. The van der Waals surface area contributed by atoms with Crippen molar-refractivity contribution >= 4 is 5.97 Å². The first-order valence-electron chi connectivity index (χ1n) is 6.92. The average Bonchev–Trinajstić information content (AvgIpc) is 2.76. The Bertz CT molecular complexity index is 252. The van der Waals surface area contributed by atoms with Gasteiger partial charge in [-0.15, -0.1) is 0 Å². The monoisotopic (exact) mass is 240 g/mol. The zero-order valence-corrected chi connectivity index (χ0v) is 10.8. The number of ether oxygens (including phenoxy) is 1. The third-order valence-electron chi connectivity index (χ3n) is 3.75. The molecule has 0 amide bonds. The van der Waals surface area contributed by atoms with Crippen LogP contribution >= 0.6 is 0 Å². The summed E-state index contributed by atoms with van der Waals surface area (Å²) in [6.45, 7) is 7.08. The van der Waals surface area contributed by atoms with Crippen LogP contribution in [0.4, 0.5) is 0 Å². The molecular formula is C13H24N2O2. The number of cyclic esters (lactones) is 1. The van der Waals surface area contributed by atoms with Crippen LogP contribution in [0.5, 0.6) is 0 Å². The van der Waals surface area contributed by atoms with Gasteiger partial charge >= 0.3 is 5.97 Å². The lowest BCUT2D eigenvalue weighted by Crippen LogP contribution is -2.45. The number of nitrogens with one attached hydrogen (secondary N) is 1. The second-order valence-electron chi connectivity index (χ2n) is 5.18. The van der Waals surface area contributed by atoms with Crippen molar-refractivity contribution in [3.05, 3.63) is 0 Å². The van der Waals surface area contributed by atoms with Gasteiger partial charge in [-0.05, 0) is 44.8 Å². The Balaban J connectivity index is 1.88. The number of esters is 1. The molecule has 98 valence electrons. The quantitative estimate of drug-likeness (QED) is 0.728. The highest BCUT2D eigenvalue weighted by atomic mass is 16.5. The Hall–Kier alpha value is -0.610. The Labute approximate surface area is 104 Å². The summed E-state index contributed by atoms with van der Waals surface area (Å²) in [6.07, 6.45) is 4.53. The van der Waals surface area contributed by atoms with E-state index in [1.165, 1.54) is 12.8 Å². The van der Waals surface area contributed by atoms with Crippen molar-refractivity contribution in [2.75, 3.05) is 32.8 Å². The minimum atomic E-state index is -0.0118. The summed E-state index contributed by atoms with van der Waals surface area (Å²) < 4.78 is 5.09. The fourth-order valence-corrected chi connectivity index (χ4v) is 2.89. The number of carbonyl (C=O) groups is 1. The van der Waals surface area contributed by atoms with Gasteiger partial charge in [-0.25, -0.2) is 0 Å². The molecule has 0 spiro atoms. The molecule has 2 aliphatic heterocycles. The van der Waals surface area contributed by atoms with E-state index in [0.717, 1.165) is 39.0 Å². The predicted molar refractivity (Wildman–Crippen MR) is 66.8 cm³/mol. The lowest BCUT2D eigenvalue weighted by atomic mass is 9.98. The van der Waals surface area contributed by atoms with Crippen molar-refractivity contribution in [2.24, 2.45) is 5.92 Å². The third kappa shape index (κ3) is 3.42. The normalized spacial score (nSPS) is 29.6. The fraction of sp³-hybridized carbons (Fsp3) is 0.923. The molecule has 2 saturated heterocycles. The van der Waals surface area contributed by atoms with Gasteiger partial charge < -0.3 is 10.1 Å². The van der Waals surface area contributed by atoms with Crippen LogP contribution in [0.2, 0.25) is 0 Å². The summed E-state index contributed by atoms with van der Waals surface area (Å²) in [5.41, 5.74) is 0. The summed E-state index contributed by atoms with van der Waals surface area (Å²) in [6, 6.07) is 0.0249. The molecule has 4 heteroatoms. The van der Waals surface area contributed by atoms with Crippen molar-refractivity contribution in [1.82, 2.24) is 10.2 Å². The van der Waals surface area contributed by atoms with Crippen molar-refractivity contribution < 1.29 is 9.53 Å². The van der Waals surface area contributed by atoms with Crippen LogP contribution in [0.15, 0.2) is 0 Å². The predicted octanol–water partition coefficient (Wildman–Crippen LogP) is 1.01. The van der Waals surface area contributed by atoms with E-state index in [1.54, 1.807) is 0 Å². The lowest BCUT2D eigenvalue weighted by Gasteiger charge is -2.32. The van der Waals surface area contributed by atoms with E-state index in [9.17, 15) is 4.79 Å². The highest BCUT2D eigenvalue weighted by Crippen LogP contribution is 2.19. The molecule has 0 saturated carbocycles. The standard InChI is InChI=1S/C13H24N2O2/c1-2-7-15(12-5-8-17-13(12)16)10-11-4-3-6-14-9-11/h11-12,14H,2-10H2,1H3. The van der Waals surface area contributed by atoms with Crippen molar-refractivity contribution in [1.29, 1.82) is 0 Å². The molecule has 2 rings (SSSR count). The summed E-state index contributed by atoms with van der Waals surface area (Å²) in [5.74, 6) is 0.686. The molecule has 0 aromatic heterocycles. The number of piperidine rings is 1. The van der Waals surface area contributed by atoms with Crippen LogP contribution in [0, 0.1) is 5.92 Å². The van der Waals surface area contributed by atoms with E-state index in [4.69, 9.17) is 4.74 Å². The van der Waals surface area contributed by atoms with Gasteiger partial charge in [0.15, 0.2) is 0 Å². The first kappa shape index (κ1) is 12.8. The smallest absolute Gasteiger partial charge is 0.323 e. The van der Waals surface area contributed by atoms with Crippen LogP contribution in [-0.2, 0) is 9.53 Å². The fourth-order valence-electron chi connectivity index (χ4n) is 2.89. The second-order valence-corrected chi connectivity index (χ2v) is 5.18. The summed E-state index contributed by atoms with van der Waals surface area (Å²) in [4.78, 5) is 14.0. The number of hydrogen-bond donors (Lipinski definition) is 1. The molecule has 2 heterocycles. The first-order valence-corrected chi connectivity index (χ1v) is 6.92. The minimum Gasteiger partial charge on any atom is -0.464 e. The molecule has 4 nitrogen and oxygen atoms in total. The van der Waals surface area contributed by atoms with E-state index in [1.807, 2.05) is 0 Å². The molecule has 0 aromatic rings. The topological polar surface area (TPSA) is 41.6 Å². The van der Waals surface area contributed by atoms with Gasteiger partial charge in [0.1, 0.15) is 6.04 Å². The molecule has 2 unspecified atom stereocenters. The summed E-state index contributed by atoms with van der Waals surface area (Å²) in [7, 11) is 0. The van der Waals surface area contributed by atoms with Crippen LogP contribution in [0.1, 0.15) is 32.6 Å². The van der Waals surface area contributed by atoms with Crippen LogP contribution < -0.4 is 5.32 Å². The van der Waals surface area contributed by atoms with Gasteiger partial charge in [0, 0.05) is 13.0 Å². The zero-order valence-electron chi connectivity index (χ0n) is 10.8. The molecule has 17 heavy (non-hydrogen) atoms. The van der Waals surface area contributed by atoms with Crippen molar-refractivity contribution in [2.45, 2.75) is 38.6 Å². The Morgan fingerprint density at radius 3 is 2.94 bits per heavy atom. The zero-order chi connectivity index (χ0) is 12.1. The maximum Gasteiger partial charge on any atom is 0.323 e. The van der Waals surface area contributed by atoms with Gasteiger partial charge in [-0.1, -0.05) is 6.92 Å². The average molecular weight is 240 g/mol. The number of nitrogens with zero attached hydrogens (tertiary/aromatic N) is 1. The van der Waals surface area contributed by atoms with Crippen LogP contribution in [0.3, 0.4) is 0 Å². The molecule has 0 aliphatic carbocycles. The van der Waals surface area contributed by atoms with E-state index in [2.05, 4.69) is 17.1 Å². The Morgan fingerprint density at radius 2 is 2.35 bits per heavy atom. The highest BCUT2D eigenvalue weighted by Gasteiger charge is 2.33. The van der Waals surface area contributed by atoms with E-state index in [0.29, 0.717) is 12.5 Å². The third-order valence-corrected chi connectivity index (χ3v) is 3.75. The number of rotatable bonds is 5. The molecular weight excluding hydrogens is 216 g/mol. The molecule has 1 N–H and O–H groups in total. The Morgan fingerprint density at radius 1 is 1.47 bits per heavy atom. The van der Waals surface area contributed by atoms with Crippen LogP contribution in [-0.4, -0.2) is 49.7 Å². The van der Waals surface area contributed by atoms with Gasteiger partial charge in [0.05, 0.1) is 6.61 Å². The molecule has 2 aliphatic rings. The molecule has 2 fully saturated rings. The van der Waals surface area contributed by atoms with Gasteiger partial charge in [0.25, 0.3) is 0 Å². The Kier molecular flexibility index (Phi) is 4.80.